The molecule has 0 N–H and O–H groups in total. The van der Waals surface area contributed by atoms with Gasteiger partial charge in [0.05, 0.1) is 25.9 Å². The Labute approximate surface area is 171 Å². The predicted octanol–water partition coefficient (Wildman–Crippen LogP) is 5.05. The summed E-state index contributed by atoms with van der Waals surface area (Å²) in [7, 11) is 1.29. The monoisotopic (exact) mass is 400 g/mol. The summed E-state index contributed by atoms with van der Waals surface area (Å²) < 4.78 is 21.4. The molecule has 0 aliphatic carbocycles. The molecule has 156 valence electrons. The molecule has 6 heteroatoms. The molecule has 2 aromatic rings. The molecule has 0 unspecified atom stereocenters. The Morgan fingerprint density at radius 1 is 0.793 bits per heavy atom. The molecule has 0 aliphatic heterocycles. The van der Waals surface area contributed by atoms with Crippen molar-refractivity contribution in [3.63, 3.8) is 0 Å². The van der Waals surface area contributed by atoms with Crippen LogP contribution in [0.1, 0.15) is 60.2 Å². The van der Waals surface area contributed by atoms with Crippen molar-refractivity contribution in [3.05, 3.63) is 53.6 Å². The minimum Gasteiger partial charge on any atom is -0.494 e. The molecule has 0 radical (unpaired) electrons. The van der Waals surface area contributed by atoms with Crippen LogP contribution in [-0.2, 0) is 4.74 Å². The number of methoxy groups -OCH3 is 1. The van der Waals surface area contributed by atoms with Gasteiger partial charge in [0.1, 0.15) is 22.8 Å². The molecule has 0 atom stereocenters. The summed E-state index contributed by atoms with van der Waals surface area (Å²) >= 11 is 0. The van der Waals surface area contributed by atoms with Crippen molar-refractivity contribution >= 4 is 11.9 Å². The number of benzene rings is 2. The molecule has 0 fully saturated rings. The minimum atomic E-state index is -0.574. The third-order valence-electron chi connectivity index (χ3n) is 4.18. The number of rotatable bonds is 11. The zero-order chi connectivity index (χ0) is 21.1. The van der Waals surface area contributed by atoms with Gasteiger partial charge in [-0.25, -0.2) is 9.59 Å². The van der Waals surface area contributed by atoms with E-state index in [1.54, 1.807) is 36.4 Å². The zero-order valence-corrected chi connectivity index (χ0v) is 17.2. The first-order valence-corrected chi connectivity index (χ1v) is 9.89. The summed E-state index contributed by atoms with van der Waals surface area (Å²) in [4.78, 5) is 24.6. The van der Waals surface area contributed by atoms with Crippen LogP contribution >= 0.6 is 0 Å². The van der Waals surface area contributed by atoms with Crippen LogP contribution in [0.4, 0.5) is 0 Å². The number of ether oxygens (including phenoxy) is 4. The summed E-state index contributed by atoms with van der Waals surface area (Å²) in [6.07, 6.45) is 3.88. The van der Waals surface area contributed by atoms with Crippen molar-refractivity contribution in [2.24, 2.45) is 0 Å². The van der Waals surface area contributed by atoms with Crippen LogP contribution in [0.5, 0.6) is 17.2 Å². The van der Waals surface area contributed by atoms with E-state index in [4.69, 9.17) is 18.9 Å². The van der Waals surface area contributed by atoms with E-state index in [2.05, 4.69) is 6.92 Å². The van der Waals surface area contributed by atoms with Crippen LogP contribution < -0.4 is 14.2 Å². The van der Waals surface area contributed by atoms with Gasteiger partial charge < -0.3 is 18.9 Å². The van der Waals surface area contributed by atoms with E-state index < -0.39 is 11.9 Å². The second kappa shape index (κ2) is 11.7. The van der Waals surface area contributed by atoms with Crippen LogP contribution in [0, 0.1) is 0 Å². The summed E-state index contributed by atoms with van der Waals surface area (Å²) in [6, 6.07) is 11.4. The van der Waals surface area contributed by atoms with Gasteiger partial charge in [0.25, 0.3) is 0 Å². The molecule has 2 aromatic carbocycles. The molecule has 29 heavy (non-hydrogen) atoms. The smallest absolute Gasteiger partial charge is 0.343 e. The van der Waals surface area contributed by atoms with E-state index in [0.717, 1.165) is 31.4 Å². The lowest BCUT2D eigenvalue weighted by molar-refractivity contribution is 0.0596. The second-order valence-electron chi connectivity index (χ2n) is 6.47. The molecular weight excluding hydrogens is 372 g/mol. The van der Waals surface area contributed by atoms with E-state index in [1.807, 2.05) is 6.92 Å². The van der Waals surface area contributed by atoms with Crippen molar-refractivity contribution in [1.82, 2.24) is 0 Å². The van der Waals surface area contributed by atoms with Crippen LogP contribution in [0.15, 0.2) is 42.5 Å². The lowest BCUT2D eigenvalue weighted by atomic mass is 10.1. The van der Waals surface area contributed by atoms with Gasteiger partial charge in [0, 0.05) is 0 Å². The van der Waals surface area contributed by atoms with Crippen LogP contribution in [0.2, 0.25) is 0 Å². The minimum absolute atomic E-state index is 0.192. The Morgan fingerprint density at radius 3 is 2.03 bits per heavy atom. The first kappa shape index (κ1) is 22.3. The van der Waals surface area contributed by atoms with Crippen LogP contribution in [0.3, 0.4) is 0 Å². The Balaban J connectivity index is 2.08. The normalized spacial score (nSPS) is 10.3. The van der Waals surface area contributed by atoms with Crippen molar-refractivity contribution < 1.29 is 28.5 Å². The van der Waals surface area contributed by atoms with E-state index in [-0.39, 0.29) is 11.1 Å². The van der Waals surface area contributed by atoms with Gasteiger partial charge >= 0.3 is 11.9 Å². The van der Waals surface area contributed by atoms with Crippen molar-refractivity contribution in [1.29, 1.82) is 0 Å². The summed E-state index contributed by atoms with van der Waals surface area (Å²) in [5.74, 6) is 0.352. The van der Waals surface area contributed by atoms with E-state index in [0.29, 0.717) is 24.7 Å². The lowest BCUT2D eigenvalue weighted by Crippen LogP contribution is -2.12. The highest BCUT2D eigenvalue weighted by Crippen LogP contribution is 2.24. The number of unbranched alkanes of at least 4 members (excludes halogenated alkanes) is 2. The highest BCUT2D eigenvalue weighted by Gasteiger charge is 2.18. The van der Waals surface area contributed by atoms with Gasteiger partial charge in [-0.2, -0.15) is 0 Å². The fourth-order valence-corrected chi connectivity index (χ4v) is 2.48. The largest absolute Gasteiger partial charge is 0.494 e. The van der Waals surface area contributed by atoms with Crippen molar-refractivity contribution in [2.45, 2.75) is 39.5 Å². The average molecular weight is 400 g/mol. The fourth-order valence-electron chi connectivity index (χ4n) is 2.48. The molecule has 0 aromatic heterocycles. The first-order chi connectivity index (χ1) is 14.1. The third kappa shape index (κ3) is 6.82. The Bertz CT molecular complexity index is 798. The average Bonchev–Trinajstić information content (AvgIpc) is 2.75. The molecule has 0 saturated heterocycles. The molecule has 6 nitrogen and oxygen atoms in total. The van der Waals surface area contributed by atoms with Crippen molar-refractivity contribution in [3.8, 4) is 17.2 Å². The Morgan fingerprint density at radius 2 is 1.41 bits per heavy atom. The number of esters is 2. The van der Waals surface area contributed by atoms with Crippen LogP contribution in [-0.4, -0.2) is 32.3 Å². The van der Waals surface area contributed by atoms with Gasteiger partial charge in [-0.3, -0.25) is 0 Å². The standard InChI is InChI=1S/C23H28O6/c1-4-6-14-27-18-9-11-19(12-10-18)29-22(24)17-8-13-21(28-15-7-5-2)20(16-17)23(25)26-3/h8-13,16H,4-7,14-15H2,1-3H3. The molecular formula is C23H28O6. The summed E-state index contributed by atoms with van der Waals surface area (Å²) in [6.45, 7) is 5.28. The second-order valence-corrected chi connectivity index (χ2v) is 6.47. The molecule has 0 heterocycles. The van der Waals surface area contributed by atoms with Gasteiger partial charge in [-0.05, 0) is 55.3 Å². The first-order valence-electron chi connectivity index (χ1n) is 9.89. The van der Waals surface area contributed by atoms with E-state index in [1.165, 1.54) is 13.2 Å². The quantitative estimate of drug-likeness (QED) is 0.299. The SMILES string of the molecule is CCCCOc1ccc(OC(=O)c2ccc(OCCCC)c(C(=O)OC)c2)cc1. The Kier molecular flexibility index (Phi) is 9.02. The van der Waals surface area contributed by atoms with Crippen LogP contribution in [0.25, 0.3) is 0 Å². The van der Waals surface area contributed by atoms with Gasteiger partial charge in [-0.1, -0.05) is 26.7 Å². The number of carbonyl (C=O) groups is 2. The maximum atomic E-state index is 12.5. The summed E-state index contributed by atoms with van der Waals surface area (Å²) in [5.41, 5.74) is 0.425. The molecule has 2 rings (SSSR count). The molecule has 0 aliphatic rings. The molecule has 0 saturated carbocycles. The Hall–Kier alpha value is -3.02. The maximum absolute atomic E-state index is 12.5. The molecule has 0 bridgehead atoms. The molecule has 0 spiro atoms. The number of carbonyl (C=O) groups excluding carboxylic acids is 2. The van der Waals surface area contributed by atoms with E-state index in [9.17, 15) is 9.59 Å². The van der Waals surface area contributed by atoms with E-state index >= 15 is 0 Å². The summed E-state index contributed by atoms with van der Waals surface area (Å²) in [5, 5.41) is 0. The molecule has 0 amide bonds. The van der Waals surface area contributed by atoms with Gasteiger partial charge in [0.2, 0.25) is 0 Å². The fraction of sp³-hybridized carbons (Fsp3) is 0.391. The maximum Gasteiger partial charge on any atom is 0.343 e. The highest BCUT2D eigenvalue weighted by molar-refractivity contribution is 5.98. The predicted molar refractivity (Wildman–Crippen MR) is 110 cm³/mol. The lowest BCUT2D eigenvalue weighted by Gasteiger charge is -2.12. The zero-order valence-electron chi connectivity index (χ0n) is 17.2. The van der Waals surface area contributed by atoms with Gasteiger partial charge in [-0.15, -0.1) is 0 Å². The van der Waals surface area contributed by atoms with Crippen molar-refractivity contribution in [2.75, 3.05) is 20.3 Å². The number of hydrogen-bond donors (Lipinski definition) is 0. The van der Waals surface area contributed by atoms with Gasteiger partial charge in [0.15, 0.2) is 0 Å². The topological polar surface area (TPSA) is 71.1 Å². The third-order valence-corrected chi connectivity index (χ3v) is 4.18. The highest BCUT2D eigenvalue weighted by atomic mass is 16.5. The number of hydrogen-bond acceptors (Lipinski definition) is 6.